The molecule has 2 rings (SSSR count). The predicted octanol–water partition coefficient (Wildman–Crippen LogP) is 2.66. The molecule has 4 nitrogen and oxygen atoms in total. The highest BCUT2D eigenvalue weighted by molar-refractivity contribution is 9.10. The lowest BCUT2D eigenvalue weighted by Gasteiger charge is -2.11. The van der Waals surface area contributed by atoms with Gasteiger partial charge in [0.25, 0.3) is 0 Å². The van der Waals surface area contributed by atoms with E-state index in [2.05, 4.69) is 49.5 Å². The van der Waals surface area contributed by atoms with Crippen molar-refractivity contribution in [2.24, 2.45) is 0 Å². The molecule has 18 heavy (non-hydrogen) atoms. The molecule has 0 aliphatic carbocycles. The van der Waals surface area contributed by atoms with Crippen molar-refractivity contribution in [3.05, 3.63) is 35.3 Å². The van der Waals surface area contributed by atoms with E-state index in [1.54, 1.807) is 6.20 Å². The van der Waals surface area contributed by atoms with Gasteiger partial charge in [0, 0.05) is 41.4 Å². The average molecular weight is 309 g/mol. The molecule has 2 aromatic rings. The van der Waals surface area contributed by atoms with E-state index in [9.17, 15) is 0 Å². The number of hydrogen-bond donors (Lipinski definition) is 0. The van der Waals surface area contributed by atoms with Crippen LogP contribution in [-0.4, -0.2) is 40.1 Å². The van der Waals surface area contributed by atoms with Gasteiger partial charge in [0.05, 0.1) is 0 Å². The lowest BCUT2D eigenvalue weighted by atomic mass is 10.2. The average Bonchev–Trinajstić information content (AvgIpc) is 2.77. The number of halogens is 1. The van der Waals surface area contributed by atoms with Gasteiger partial charge in [0.15, 0.2) is 0 Å². The Balaban J connectivity index is 2.12. The largest absolute Gasteiger partial charge is 0.331 e. The fraction of sp³-hybridized carbons (Fsp3) is 0.385. The summed E-state index contributed by atoms with van der Waals surface area (Å²) in [5.41, 5.74) is 1.04. The maximum atomic E-state index is 4.41. The number of aryl methyl sites for hydroxylation is 1. The van der Waals surface area contributed by atoms with Gasteiger partial charge in [0.1, 0.15) is 5.82 Å². The van der Waals surface area contributed by atoms with E-state index in [1.165, 1.54) is 0 Å². The molecule has 0 saturated carbocycles. The van der Waals surface area contributed by atoms with Crippen LogP contribution in [0.2, 0.25) is 0 Å². The molecule has 0 spiro atoms. The van der Waals surface area contributed by atoms with Crippen molar-refractivity contribution in [1.29, 1.82) is 0 Å². The first-order valence-corrected chi connectivity index (χ1v) is 6.73. The SMILES string of the molecule is CN(C)CCCn1ccnc1-c1cncc(Br)c1. The monoisotopic (exact) mass is 308 g/mol. The number of rotatable bonds is 5. The predicted molar refractivity (Wildman–Crippen MR) is 76.3 cm³/mol. The van der Waals surface area contributed by atoms with Gasteiger partial charge in [-0.2, -0.15) is 0 Å². The standard InChI is InChI=1S/C13H17BrN4/c1-17(2)5-3-6-18-7-4-16-13(18)11-8-12(14)10-15-9-11/h4,7-10H,3,5-6H2,1-2H3. The third kappa shape index (κ3) is 3.40. The van der Waals surface area contributed by atoms with Crippen LogP contribution in [0.15, 0.2) is 35.3 Å². The van der Waals surface area contributed by atoms with Gasteiger partial charge in [-0.1, -0.05) is 0 Å². The molecule has 0 saturated heterocycles. The van der Waals surface area contributed by atoms with Crippen molar-refractivity contribution in [2.75, 3.05) is 20.6 Å². The molecule has 2 heterocycles. The van der Waals surface area contributed by atoms with Gasteiger partial charge in [-0.05, 0) is 49.1 Å². The lowest BCUT2D eigenvalue weighted by Crippen LogP contribution is -2.15. The van der Waals surface area contributed by atoms with Crippen LogP contribution in [0.4, 0.5) is 0 Å². The summed E-state index contributed by atoms with van der Waals surface area (Å²) in [6.07, 6.45) is 8.59. The molecule has 0 atom stereocenters. The van der Waals surface area contributed by atoms with E-state index in [-0.39, 0.29) is 0 Å². The fourth-order valence-corrected chi connectivity index (χ4v) is 2.21. The maximum Gasteiger partial charge on any atom is 0.141 e. The third-order valence-corrected chi connectivity index (χ3v) is 3.12. The molecule has 0 aliphatic heterocycles. The quantitative estimate of drug-likeness (QED) is 0.851. The Hall–Kier alpha value is -1.20. The van der Waals surface area contributed by atoms with Gasteiger partial charge in [-0.25, -0.2) is 4.98 Å². The van der Waals surface area contributed by atoms with Crippen molar-refractivity contribution >= 4 is 15.9 Å². The summed E-state index contributed by atoms with van der Waals surface area (Å²) in [5.74, 6) is 0.975. The van der Waals surface area contributed by atoms with Crippen molar-refractivity contribution < 1.29 is 0 Å². The van der Waals surface area contributed by atoms with Gasteiger partial charge >= 0.3 is 0 Å². The summed E-state index contributed by atoms with van der Waals surface area (Å²) in [6.45, 7) is 2.05. The topological polar surface area (TPSA) is 34.0 Å². The van der Waals surface area contributed by atoms with E-state index in [0.29, 0.717) is 0 Å². The molecule has 5 heteroatoms. The lowest BCUT2D eigenvalue weighted by molar-refractivity contribution is 0.387. The van der Waals surface area contributed by atoms with Crippen molar-refractivity contribution in [1.82, 2.24) is 19.4 Å². The van der Waals surface area contributed by atoms with Crippen LogP contribution in [0.5, 0.6) is 0 Å². The summed E-state index contributed by atoms with van der Waals surface area (Å²) in [5, 5.41) is 0. The molecule has 96 valence electrons. The Morgan fingerprint density at radius 3 is 2.89 bits per heavy atom. The van der Waals surface area contributed by atoms with Crippen LogP contribution < -0.4 is 0 Å². The molecule has 0 radical (unpaired) electrons. The van der Waals surface area contributed by atoms with Crippen molar-refractivity contribution in [2.45, 2.75) is 13.0 Å². The second kappa shape index (κ2) is 6.11. The van der Waals surface area contributed by atoms with E-state index < -0.39 is 0 Å². The van der Waals surface area contributed by atoms with Crippen LogP contribution in [-0.2, 0) is 6.54 Å². The third-order valence-electron chi connectivity index (χ3n) is 2.68. The molecule has 0 fully saturated rings. The highest BCUT2D eigenvalue weighted by Crippen LogP contribution is 2.20. The zero-order chi connectivity index (χ0) is 13.0. The van der Waals surface area contributed by atoms with Gasteiger partial charge in [-0.3, -0.25) is 4.98 Å². The van der Waals surface area contributed by atoms with E-state index in [1.807, 2.05) is 24.7 Å². The Labute approximate surface area is 116 Å². The number of pyridine rings is 1. The van der Waals surface area contributed by atoms with Gasteiger partial charge in [-0.15, -0.1) is 0 Å². The zero-order valence-corrected chi connectivity index (χ0v) is 12.3. The molecule has 0 N–H and O–H groups in total. The minimum Gasteiger partial charge on any atom is -0.331 e. The van der Waals surface area contributed by atoms with Crippen LogP contribution in [0.25, 0.3) is 11.4 Å². The van der Waals surface area contributed by atoms with E-state index in [0.717, 1.165) is 35.4 Å². The molecule has 0 aliphatic rings. The number of nitrogens with zero attached hydrogens (tertiary/aromatic N) is 4. The molecule has 0 amide bonds. The Morgan fingerprint density at radius 2 is 2.17 bits per heavy atom. The van der Waals surface area contributed by atoms with Crippen LogP contribution in [0.1, 0.15) is 6.42 Å². The molecule has 0 unspecified atom stereocenters. The normalized spacial score (nSPS) is 11.1. The second-order valence-electron chi connectivity index (χ2n) is 4.49. The second-order valence-corrected chi connectivity index (χ2v) is 5.41. The molecule has 0 aromatic carbocycles. The van der Waals surface area contributed by atoms with Crippen LogP contribution in [0.3, 0.4) is 0 Å². The Kier molecular flexibility index (Phi) is 4.49. The summed E-state index contributed by atoms with van der Waals surface area (Å²) in [6, 6.07) is 2.04. The van der Waals surface area contributed by atoms with E-state index in [4.69, 9.17) is 0 Å². The Morgan fingerprint density at radius 1 is 1.33 bits per heavy atom. The minimum atomic E-state index is 0.972. The van der Waals surface area contributed by atoms with E-state index >= 15 is 0 Å². The summed E-state index contributed by atoms with van der Waals surface area (Å²) in [4.78, 5) is 10.8. The maximum absolute atomic E-state index is 4.41. The first-order chi connectivity index (χ1) is 8.66. The Bertz CT molecular complexity index is 507. The minimum absolute atomic E-state index is 0.972. The zero-order valence-electron chi connectivity index (χ0n) is 10.7. The molecule has 2 aromatic heterocycles. The number of aromatic nitrogens is 3. The van der Waals surface area contributed by atoms with Crippen LogP contribution in [0, 0.1) is 0 Å². The smallest absolute Gasteiger partial charge is 0.141 e. The van der Waals surface area contributed by atoms with Crippen molar-refractivity contribution in [3.63, 3.8) is 0 Å². The van der Waals surface area contributed by atoms with Gasteiger partial charge in [0.2, 0.25) is 0 Å². The highest BCUT2D eigenvalue weighted by atomic mass is 79.9. The molecular weight excluding hydrogens is 292 g/mol. The summed E-state index contributed by atoms with van der Waals surface area (Å²) < 4.78 is 3.15. The summed E-state index contributed by atoms with van der Waals surface area (Å²) >= 11 is 3.44. The number of hydrogen-bond acceptors (Lipinski definition) is 3. The van der Waals surface area contributed by atoms with Crippen molar-refractivity contribution in [3.8, 4) is 11.4 Å². The first kappa shape index (κ1) is 13.2. The van der Waals surface area contributed by atoms with Gasteiger partial charge < -0.3 is 9.47 Å². The fourth-order valence-electron chi connectivity index (χ4n) is 1.84. The van der Waals surface area contributed by atoms with Crippen LogP contribution >= 0.6 is 15.9 Å². The number of imidazole rings is 1. The molecule has 0 bridgehead atoms. The first-order valence-electron chi connectivity index (χ1n) is 5.93. The summed E-state index contributed by atoms with van der Waals surface area (Å²) in [7, 11) is 4.18. The highest BCUT2D eigenvalue weighted by Gasteiger charge is 2.06. The molecular formula is C13H17BrN4.